The van der Waals surface area contributed by atoms with Gasteiger partial charge in [0.2, 0.25) is 0 Å². The van der Waals surface area contributed by atoms with Crippen molar-refractivity contribution in [3.8, 4) is 0 Å². The molecule has 0 fully saturated rings. The number of hydrogen-bond donors (Lipinski definition) is 0. The summed E-state index contributed by atoms with van der Waals surface area (Å²) in [6.07, 6.45) is 9.00. The largest absolute Gasteiger partial charge is 1.00 e. The number of rotatable bonds is 0. The van der Waals surface area contributed by atoms with E-state index in [1.165, 1.54) is 12.8 Å². The second-order valence-electron chi connectivity index (χ2n) is 1.23. The van der Waals surface area contributed by atoms with E-state index in [4.69, 9.17) is 0 Å². The first-order chi connectivity index (χ1) is 2.50. The summed E-state index contributed by atoms with van der Waals surface area (Å²) in [5.41, 5.74) is 0. The van der Waals surface area contributed by atoms with Crippen LogP contribution < -0.4 is 51.4 Å². The van der Waals surface area contributed by atoms with Gasteiger partial charge in [-0.1, -0.05) is 0 Å². The Morgan fingerprint density at radius 3 is 1.83 bits per heavy atom. The van der Waals surface area contributed by atoms with E-state index in [1.54, 1.807) is 0 Å². The predicted molar refractivity (Wildman–Crippen MR) is 22.7 cm³/mol. The molecule has 0 atom stereocenters. The van der Waals surface area contributed by atoms with Crippen molar-refractivity contribution >= 4 is 0 Å². The Morgan fingerprint density at radius 1 is 1.17 bits per heavy atom. The molecule has 0 spiro atoms. The summed E-state index contributed by atoms with van der Waals surface area (Å²) >= 11 is 0. The van der Waals surface area contributed by atoms with Crippen molar-refractivity contribution in [3.05, 3.63) is 18.6 Å². The fourth-order valence-corrected chi connectivity index (χ4v) is 0.481. The van der Waals surface area contributed by atoms with Crippen LogP contribution in [-0.2, 0) is 0 Å². The van der Waals surface area contributed by atoms with Crippen LogP contribution in [0, 0.1) is 6.42 Å². The van der Waals surface area contributed by atoms with E-state index in [0.29, 0.717) is 0 Å². The Hall–Kier alpha value is 1.38. The van der Waals surface area contributed by atoms with Crippen molar-refractivity contribution in [1.29, 1.82) is 0 Å². The van der Waals surface area contributed by atoms with Gasteiger partial charge in [0, 0.05) is 0 Å². The van der Waals surface area contributed by atoms with Gasteiger partial charge >= 0.3 is 51.4 Å². The molecule has 6 heavy (non-hydrogen) atoms. The first-order valence-electron chi connectivity index (χ1n) is 1.97. The average Bonchev–Trinajstić information content (AvgIpc) is 1.76. The van der Waals surface area contributed by atoms with Crippen molar-refractivity contribution in [2.24, 2.45) is 0 Å². The minimum Gasteiger partial charge on any atom is -0.321 e. The Labute approximate surface area is 81.4 Å². The summed E-state index contributed by atoms with van der Waals surface area (Å²) in [5, 5.41) is 0. The molecule has 0 N–H and O–H groups in total. The summed E-state index contributed by atoms with van der Waals surface area (Å²) in [4.78, 5) is 0. The molecule has 1 rings (SSSR count). The van der Waals surface area contributed by atoms with Crippen LogP contribution in [0.15, 0.2) is 12.2 Å². The van der Waals surface area contributed by atoms with Crippen LogP contribution in [0.25, 0.3) is 0 Å². The van der Waals surface area contributed by atoms with Crippen LogP contribution in [0.1, 0.15) is 12.8 Å². The summed E-state index contributed by atoms with van der Waals surface area (Å²) in [7, 11) is 0. The second kappa shape index (κ2) is 4.53. The average molecular weight is 106 g/mol. The van der Waals surface area contributed by atoms with Gasteiger partial charge in [-0.2, -0.15) is 12.8 Å². The van der Waals surface area contributed by atoms with Crippen molar-refractivity contribution < 1.29 is 51.4 Å². The molecule has 0 heterocycles. The van der Waals surface area contributed by atoms with Gasteiger partial charge in [0.15, 0.2) is 0 Å². The van der Waals surface area contributed by atoms with E-state index in [2.05, 4.69) is 18.6 Å². The summed E-state index contributed by atoms with van der Waals surface area (Å²) < 4.78 is 0. The fraction of sp³-hybridized carbons (Fsp3) is 0.400. The van der Waals surface area contributed by atoms with Crippen molar-refractivity contribution in [2.45, 2.75) is 12.8 Å². The predicted octanol–water partition coefficient (Wildman–Crippen LogP) is -1.46. The van der Waals surface area contributed by atoms with Crippen LogP contribution >= 0.6 is 0 Å². The van der Waals surface area contributed by atoms with Crippen molar-refractivity contribution in [1.82, 2.24) is 0 Å². The molecule has 0 aromatic carbocycles. The molecular weight excluding hydrogens is 99.2 g/mol. The van der Waals surface area contributed by atoms with Gasteiger partial charge in [-0.15, -0.1) is 12.2 Å². The minimum absolute atomic E-state index is 0. The smallest absolute Gasteiger partial charge is 0.321 e. The zero-order valence-corrected chi connectivity index (χ0v) is 7.27. The van der Waals surface area contributed by atoms with Gasteiger partial charge in [-0.3, -0.25) is 0 Å². The van der Waals surface area contributed by atoms with Crippen LogP contribution in [-0.4, -0.2) is 0 Å². The Balaban J connectivity index is 0.000000250. The SMILES string of the molecule is C1=CC[CH-]C1.[K+]. The molecule has 0 nitrogen and oxygen atoms in total. The molecule has 0 radical (unpaired) electrons. The molecule has 0 saturated carbocycles. The van der Waals surface area contributed by atoms with E-state index in [0.717, 1.165) is 0 Å². The van der Waals surface area contributed by atoms with Crippen LogP contribution in [0.5, 0.6) is 0 Å². The first kappa shape index (κ1) is 7.38. The molecule has 0 aromatic rings. The molecule has 1 heteroatoms. The topological polar surface area (TPSA) is 0 Å². The summed E-state index contributed by atoms with van der Waals surface area (Å²) in [6, 6.07) is 0. The van der Waals surface area contributed by atoms with E-state index in [-0.39, 0.29) is 51.4 Å². The maximum Gasteiger partial charge on any atom is 1.00 e. The van der Waals surface area contributed by atoms with Crippen molar-refractivity contribution in [3.63, 3.8) is 0 Å². The molecule has 0 bridgehead atoms. The number of allylic oxidation sites excluding steroid dienone is 2. The molecule has 28 valence electrons. The van der Waals surface area contributed by atoms with Crippen LogP contribution in [0.2, 0.25) is 0 Å². The molecule has 0 aliphatic heterocycles. The van der Waals surface area contributed by atoms with Gasteiger partial charge in [-0.05, 0) is 0 Å². The molecular formula is C5H7K. The molecule has 0 amide bonds. The quantitative estimate of drug-likeness (QED) is 0.201. The van der Waals surface area contributed by atoms with Gasteiger partial charge in [-0.25, -0.2) is 0 Å². The monoisotopic (exact) mass is 106 g/mol. The number of hydrogen-bond acceptors (Lipinski definition) is 0. The van der Waals surface area contributed by atoms with E-state index in [1.807, 2.05) is 0 Å². The van der Waals surface area contributed by atoms with Gasteiger partial charge in [0.25, 0.3) is 0 Å². The molecule has 1 aliphatic carbocycles. The maximum absolute atomic E-state index is 2.25. The summed E-state index contributed by atoms with van der Waals surface area (Å²) in [5.74, 6) is 0. The maximum atomic E-state index is 2.25. The Bertz CT molecular complexity index is 41.9. The molecule has 0 unspecified atom stereocenters. The zero-order valence-electron chi connectivity index (χ0n) is 4.15. The Morgan fingerprint density at radius 2 is 1.67 bits per heavy atom. The van der Waals surface area contributed by atoms with E-state index < -0.39 is 0 Å². The standard InChI is InChI=1S/C5H7.K/c1-2-4-5-3-1;/h1-2,5H,3-4H2;/q-1;+1. The van der Waals surface area contributed by atoms with E-state index >= 15 is 0 Å². The third-order valence-corrected chi connectivity index (χ3v) is 0.772. The molecule has 0 saturated heterocycles. The third kappa shape index (κ3) is 2.53. The Kier molecular flexibility index (Phi) is 5.57. The minimum atomic E-state index is 0. The first-order valence-corrected chi connectivity index (χ1v) is 1.97. The van der Waals surface area contributed by atoms with Crippen LogP contribution in [0.3, 0.4) is 0 Å². The normalized spacial score (nSPS) is 17.3. The van der Waals surface area contributed by atoms with Crippen LogP contribution in [0.4, 0.5) is 0 Å². The molecule has 1 aliphatic rings. The second-order valence-corrected chi connectivity index (χ2v) is 1.23. The van der Waals surface area contributed by atoms with Gasteiger partial charge in [0.1, 0.15) is 0 Å². The zero-order chi connectivity index (χ0) is 3.54. The van der Waals surface area contributed by atoms with Gasteiger partial charge < -0.3 is 6.42 Å². The van der Waals surface area contributed by atoms with Gasteiger partial charge in [0.05, 0.1) is 0 Å². The van der Waals surface area contributed by atoms with E-state index in [9.17, 15) is 0 Å². The van der Waals surface area contributed by atoms with Crippen molar-refractivity contribution in [2.75, 3.05) is 0 Å². The molecule has 0 aromatic heterocycles. The third-order valence-electron chi connectivity index (χ3n) is 0.772. The fourth-order valence-electron chi connectivity index (χ4n) is 0.481. The summed E-state index contributed by atoms with van der Waals surface area (Å²) in [6.45, 7) is 0.